The Labute approximate surface area is 153 Å². The maximum absolute atomic E-state index is 12.3. The van der Waals surface area contributed by atoms with Gasteiger partial charge in [-0.15, -0.1) is 0 Å². The highest BCUT2D eigenvalue weighted by atomic mass is 16.3. The lowest BCUT2D eigenvalue weighted by atomic mass is 9.65. The van der Waals surface area contributed by atoms with Gasteiger partial charge >= 0.3 is 5.69 Å². The molecule has 2 aliphatic carbocycles. The van der Waals surface area contributed by atoms with Gasteiger partial charge in [0.15, 0.2) is 0 Å². The van der Waals surface area contributed by atoms with E-state index in [-0.39, 0.29) is 16.9 Å². The molecule has 6 nitrogen and oxygen atoms in total. The second-order valence-electron chi connectivity index (χ2n) is 7.60. The predicted octanol–water partition coefficient (Wildman–Crippen LogP) is 2.75. The fraction of sp³-hybridized carbons (Fsp3) is 0.500. The van der Waals surface area contributed by atoms with Crippen LogP contribution in [0.15, 0.2) is 39.1 Å². The first-order valence-electron chi connectivity index (χ1n) is 9.22. The van der Waals surface area contributed by atoms with Crippen molar-refractivity contribution in [1.82, 2.24) is 14.9 Å². The number of allylic oxidation sites excluding steroid dienone is 6. The summed E-state index contributed by atoms with van der Waals surface area (Å²) in [5.74, 6) is -0.0191. The number of aromatic amines is 2. The van der Waals surface area contributed by atoms with Crippen LogP contribution in [0, 0.1) is 11.3 Å². The van der Waals surface area contributed by atoms with Crippen molar-refractivity contribution in [2.75, 3.05) is 13.1 Å². The molecule has 1 atom stereocenters. The summed E-state index contributed by atoms with van der Waals surface area (Å²) in [5, 5.41) is 10.1. The number of aromatic hydroxyl groups is 1. The minimum absolute atomic E-state index is 0.118. The highest BCUT2D eigenvalue weighted by Gasteiger charge is 2.36. The second kappa shape index (κ2) is 6.67. The summed E-state index contributed by atoms with van der Waals surface area (Å²) in [5.41, 5.74) is 1.81. The van der Waals surface area contributed by atoms with Gasteiger partial charge in [-0.2, -0.15) is 0 Å². The number of nitrogens with zero attached hydrogens (tertiary/aromatic N) is 1. The van der Waals surface area contributed by atoms with E-state index < -0.39 is 11.2 Å². The third-order valence-electron chi connectivity index (χ3n) is 5.55. The van der Waals surface area contributed by atoms with Gasteiger partial charge in [0.2, 0.25) is 5.88 Å². The fourth-order valence-electron chi connectivity index (χ4n) is 4.26. The van der Waals surface area contributed by atoms with E-state index >= 15 is 0 Å². The summed E-state index contributed by atoms with van der Waals surface area (Å²) in [6.07, 6.45) is 8.33. The normalized spacial score (nSPS) is 21.4. The van der Waals surface area contributed by atoms with E-state index in [1.54, 1.807) is 0 Å². The van der Waals surface area contributed by atoms with Gasteiger partial charge in [0.05, 0.1) is 0 Å². The highest BCUT2D eigenvalue weighted by molar-refractivity contribution is 5.79. The van der Waals surface area contributed by atoms with Crippen molar-refractivity contribution >= 4 is 5.57 Å². The fourth-order valence-corrected chi connectivity index (χ4v) is 4.26. The molecule has 1 heterocycles. The minimum atomic E-state index is -0.709. The first kappa shape index (κ1) is 18.3. The van der Waals surface area contributed by atoms with E-state index in [2.05, 4.69) is 48.6 Å². The van der Waals surface area contributed by atoms with Gasteiger partial charge in [-0.05, 0) is 55.2 Å². The smallest absolute Gasteiger partial charge is 0.328 e. The zero-order valence-electron chi connectivity index (χ0n) is 15.8. The molecule has 3 rings (SSSR count). The number of nitrogens with one attached hydrogen (secondary N) is 2. The summed E-state index contributed by atoms with van der Waals surface area (Å²) in [6.45, 7) is 10.5. The van der Waals surface area contributed by atoms with Crippen LogP contribution < -0.4 is 11.2 Å². The molecule has 0 amide bonds. The van der Waals surface area contributed by atoms with Crippen molar-refractivity contribution in [3.8, 4) is 5.88 Å². The van der Waals surface area contributed by atoms with Gasteiger partial charge in [0.1, 0.15) is 5.56 Å². The Balaban J connectivity index is 2.12. The molecular weight excluding hydrogens is 330 g/mol. The van der Waals surface area contributed by atoms with Crippen molar-refractivity contribution < 1.29 is 5.11 Å². The van der Waals surface area contributed by atoms with Crippen LogP contribution in [0.4, 0.5) is 0 Å². The first-order chi connectivity index (χ1) is 12.3. The second-order valence-corrected chi connectivity index (χ2v) is 7.60. The van der Waals surface area contributed by atoms with Gasteiger partial charge in [-0.3, -0.25) is 14.8 Å². The monoisotopic (exact) mass is 357 g/mol. The Hall–Kier alpha value is -2.50. The van der Waals surface area contributed by atoms with Crippen molar-refractivity contribution in [2.24, 2.45) is 11.3 Å². The Morgan fingerprint density at radius 1 is 1.19 bits per heavy atom. The topological polar surface area (TPSA) is 89.2 Å². The Kier molecular flexibility index (Phi) is 4.69. The first-order valence-corrected chi connectivity index (χ1v) is 9.22. The molecule has 0 bridgehead atoms. The molecule has 6 heteroatoms. The molecule has 140 valence electrons. The number of rotatable bonds is 4. The van der Waals surface area contributed by atoms with Gasteiger partial charge in [0.25, 0.3) is 5.56 Å². The molecule has 0 spiro atoms. The third kappa shape index (κ3) is 3.16. The molecule has 1 unspecified atom stereocenters. The SMILES string of the molecule is CCN(CC)C1=CC2=CC(c3c(O)[nH]c(=O)[nH]c3=O)=CC(C)(C)C2CC1. The third-order valence-corrected chi connectivity index (χ3v) is 5.55. The Morgan fingerprint density at radius 3 is 2.50 bits per heavy atom. The molecule has 0 aromatic carbocycles. The largest absolute Gasteiger partial charge is 0.494 e. The molecule has 0 aliphatic heterocycles. The molecule has 0 radical (unpaired) electrons. The van der Waals surface area contributed by atoms with E-state index in [9.17, 15) is 14.7 Å². The molecule has 1 aromatic heterocycles. The van der Waals surface area contributed by atoms with E-state index in [1.807, 2.05) is 12.2 Å². The molecule has 1 aromatic rings. The van der Waals surface area contributed by atoms with Gasteiger partial charge < -0.3 is 10.0 Å². The maximum atomic E-state index is 12.3. The zero-order chi connectivity index (χ0) is 19.1. The maximum Gasteiger partial charge on any atom is 0.328 e. The molecule has 0 saturated carbocycles. The lowest BCUT2D eigenvalue weighted by Crippen LogP contribution is -2.32. The average Bonchev–Trinajstić information content (AvgIpc) is 2.54. The van der Waals surface area contributed by atoms with Crippen LogP contribution in [0.25, 0.3) is 5.57 Å². The lowest BCUT2D eigenvalue weighted by molar-refractivity contribution is 0.279. The van der Waals surface area contributed by atoms with Crippen molar-refractivity contribution in [2.45, 2.75) is 40.5 Å². The minimum Gasteiger partial charge on any atom is -0.494 e. The van der Waals surface area contributed by atoms with E-state index in [1.165, 1.54) is 11.3 Å². The highest BCUT2D eigenvalue weighted by Crippen LogP contribution is 2.47. The summed E-state index contributed by atoms with van der Waals surface area (Å²) in [6, 6.07) is 0. The number of aromatic nitrogens is 2. The number of hydrogen-bond acceptors (Lipinski definition) is 4. The van der Waals surface area contributed by atoms with Crippen LogP contribution in [-0.4, -0.2) is 33.1 Å². The van der Waals surface area contributed by atoms with Gasteiger partial charge in [0, 0.05) is 18.8 Å². The Bertz CT molecular complexity index is 911. The number of H-pyrrole nitrogens is 2. The molecular formula is C20H27N3O3. The van der Waals surface area contributed by atoms with Crippen molar-refractivity contribution in [3.63, 3.8) is 0 Å². The lowest BCUT2D eigenvalue weighted by Gasteiger charge is -2.41. The molecule has 3 N–H and O–H groups in total. The summed E-state index contributed by atoms with van der Waals surface area (Å²) in [4.78, 5) is 30.5. The summed E-state index contributed by atoms with van der Waals surface area (Å²) < 4.78 is 0. The Morgan fingerprint density at radius 2 is 1.88 bits per heavy atom. The van der Waals surface area contributed by atoms with E-state index in [0.29, 0.717) is 11.5 Å². The quantitative estimate of drug-likeness (QED) is 0.773. The molecule has 26 heavy (non-hydrogen) atoms. The van der Waals surface area contributed by atoms with E-state index in [4.69, 9.17) is 0 Å². The number of fused-ring (bicyclic) bond motifs is 1. The standard InChI is InChI=1S/C20H27N3O3/c1-5-23(6-2)14-7-8-15-12(10-14)9-13(11-20(15,3)4)16-17(24)21-19(26)22-18(16)25/h9-11,15H,5-8H2,1-4H3,(H3,21,22,24,25,26). The molecule has 0 fully saturated rings. The van der Waals surface area contributed by atoms with Crippen LogP contribution in [0.2, 0.25) is 0 Å². The van der Waals surface area contributed by atoms with Crippen molar-refractivity contribution in [3.05, 3.63) is 55.9 Å². The van der Waals surface area contributed by atoms with Crippen LogP contribution in [0.1, 0.15) is 46.1 Å². The molecule has 2 aliphatic rings. The molecule has 0 saturated heterocycles. The summed E-state index contributed by atoms with van der Waals surface area (Å²) in [7, 11) is 0. The van der Waals surface area contributed by atoms with Crippen LogP contribution in [0.3, 0.4) is 0 Å². The van der Waals surface area contributed by atoms with Gasteiger partial charge in [-0.25, -0.2) is 4.79 Å². The predicted molar refractivity (Wildman–Crippen MR) is 103 cm³/mol. The average molecular weight is 357 g/mol. The number of hydrogen-bond donors (Lipinski definition) is 3. The van der Waals surface area contributed by atoms with E-state index in [0.717, 1.165) is 25.9 Å². The summed E-state index contributed by atoms with van der Waals surface area (Å²) >= 11 is 0. The zero-order valence-corrected chi connectivity index (χ0v) is 15.8. The van der Waals surface area contributed by atoms with Gasteiger partial charge in [-0.1, -0.05) is 26.0 Å². The van der Waals surface area contributed by atoms with Crippen molar-refractivity contribution in [1.29, 1.82) is 0 Å². The van der Waals surface area contributed by atoms with Crippen LogP contribution in [0.5, 0.6) is 5.88 Å². The van der Waals surface area contributed by atoms with Crippen LogP contribution in [-0.2, 0) is 0 Å². The van der Waals surface area contributed by atoms with Crippen LogP contribution >= 0.6 is 0 Å².